The smallest absolute Gasteiger partial charge is 0.270 e. The fraction of sp³-hybridized carbons (Fsp3) is 0.188. The van der Waals surface area contributed by atoms with Gasteiger partial charge in [0.25, 0.3) is 11.6 Å². The van der Waals surface area contributed by atoms with E-state index in [1.807, 2.05) is 36.4 Å². The molecule has 7 heteroatoms. The molecule has 0 aliphatic rings. The highest BCUT2D eigenvalue weighted by Gasteiger charge is 2.14. The maximum atomic E-state index is 12.3. The van der Waals surface area contributed by atoms with Crippen molar-refractivity contribution < 1.29 is 14.5 Å². The van der Waals surface area contributed by atoms with Crippen LogP contribution < -0.4 is 10.1 Å². The van der Waals surface area contributed by atoms with Crippen LogP contribution in [0, 0.1) is 13.7 Å². The Bertz CT molecular complexity index is 729. The number of anilines is 1. The molecule has 0 atom stereocenters. The molecule has 1 amide bonds. The second kappa shape index (κ2) is 7.40. The number of nitro groups is 1. The van der Waals surface area contributed by atoms with Crippen LogP contribution in [0.4, 0.5) is 11.4 Å². The Morgan fingerprint density at radius 2 is 1.87 bits per heavy atom. The molecule has 0 saturated heterocycles. The number of nitro benzene ring substituents is 1. The van der Waals surface area contributed by atoms with Gasteiger partial charge in [0.05, 0.1) is 16.6 Å². The van der Waals surface area contributed by atoms with Crippen molar-refractivity contribution in [2.24, 2.45) is 0 Å². The first-order valence-electron chi connectivity index (χ1n) is 6.89. The lowest BCUT2D eigenvalue weighted by atomic mass is 10.2. The second-order valence-electron chi connectivity index (χ2n) is 5.07. The van der Waals surface area contributed by atoms with Crippen LogP contribution in [-0.4, -0.2) is 16.9 Å². The van der Waals surface area contributed by atoms with Gasteiger partial charge in [-0.1, -0.05) is 0 Å². The predicted molar refractivity (Wildman–Crippen MR) is 96.0 cm³/mol. The number of benzene rings is 2. The molecule has 0 bridgehead atoms. The van der Waals surface area contributed by atoms with E-state index in [1.165, 1.54) is 18.2 Å². The van der Waals surface area contributed by atoms with Crippen molar-refractivity contribution >= 4 is 39.9 Å². The van der Waals surface area contributed by atoms with Gasteiger partial charge in [-0.05, 0) is 66.8 Å². The molecular formula is C16H15IN2O4. The SMILES string of the molecule is CC(C)Oc1ccc(NC(=O)c2ccc([N+](=O)[O-])cc2I)cc1. The summed E-state index contributed by atoms with van der Waals surface area (Å²) in [4.78, 5) is 22.5. The van der Waals surface area contributed by atoms with E-state index < -0.39 is 4.92 Å². The van der Waals surface area contributed by atoms with E-state index in [-0.39, 0.29) is 17.7 Å². The molecule has 23 heavy (non-hydrogen) atoms. The van der Waals surface area contributed by atoms with E-state index in [0.717, 1.165) is 5.75 Å². The van der Waals surface area contributed by atoms with Crippen molar-refractivity contribution in [1.82, 2.24) is 0 Å². The zero-order valence-corrected chi connectivity index (χ0v) is 14.7. The van der Waals surface area contributed by atoms with Crippen LogP contribution in [0.2, 0.25) is 0 Å². The van der Waals surface area contributed by atoms with Crippen LogP contribution >= 0.6 is 22.6 Å². The van der Waals surface area contributed by atoms with Crippen LogP contribution in [0.25, 0.3) is 0 Å². The van der Waals surface area contributed by atoms with Crippen LogP contribution in [-0.2, 0) is 0 Å². The summed E-state index contributed by atoms with van der Waals surface area (Å²) >= 11 is 1.91. The van der Waals surface area contributed by atoms with Gasteiger partial charge in [-0.15, -0.1) is 0 Å². The van der Waals surface area contributed by atoms with E-state index in [4.69, 9.17) is 4.74 Å². The van der Waals surface area contributed by atoms with Crippen molar-refractivity contribution in [2.45, 2.75) is 20.0 Å². The number of carbonyl (C=O) groups is 1. The van der Waals surface area contributed by atoms with Crippen molar-refractivity contribution in [3.8, 4) is 5.75 Å². The lowest BCUT2D eigenvalue weighted by Gasteiger charge is -2.11. The van der Waals surface area contributed by atoms with Crippen molar-refractivity contribution in [2.75, 3.05) is 5.32 Å². The molecule has 1 N–H and O–H groups in total. The monoisotopic (exact) mass is 426 g/mol. The minimum Gasteiger partial charge on any atom is -0.491 e. The van der Waals surface area contributed by atoms with Crippen molar-refractivity contribution in [3.05, 3.63) is 61.7 Å². The van der Waals surface area contributed by atoms with Gasteiger partial charge in [-0.2, -0.15) is 0 Å². The van der Waals surface area contributed by atoms with E-state index in [2.05, 4.69) is 5.32 Å². The number of hydrogen-bond donors (Lipinski definition) is 1. The van der Waals surface area contributed by atoms with Gasteiger partial charge in [0.2, 0.25) is 0 Å². The van der Waals surface area contributed by atoms with Gasteiger partial charge >= 0.3 is 0 Å². The fourth-order valence-corrected chi connectivity index (χ4v) is 2.63. The van der Waals surface area contributed by atoms with Gasteiger partial charge in [0, 0.05) is 21.4 Å². The summed E-state index contributed by atoms with van der Waals surface area (Å²) in [6.07, 6.45) is 0.0807. The zero-order valence-electron chi connectivity index (χ0n) is 12.6. The maximum absolute atomic E-state index is 12.3. The highest BCUT2D eigenvalue weighted by Crippen LogP contribution is 2.22. The van der Waals surface area contributed by atoms with Gasteiger partial charge in [-0.25, -0.2) is 0 Å². The molecule has 0 aliphatic carbocycles. The first-order chi connectivity index (χ1) is 10.9. The Balaban J connectivity index is 2.11. The molecule has 2 aromatic rings. The molecule has 2 rings (SSSR count). The Morgan fingerprint density at radius 1 is 1.22 bits per heavy atom. The summed E-state index contributed by atoms with van der Waals surface area (Å²) in [7, 11) is 0. The van der Waals surface area contributed by atoms with Gasteiger partial charge in [0.15, 0.2) is 0 Å². The Morgan fingerprint density at radius 3 is 2.39 bits per heavy atom. The van der Waals surface area contributed by atoms with E-state index in [0.29, 0.717) is 14.8 Å². The molecule has 0 spiro atoms. The third kappa shape index (κ3) is 4.65. The number of hydrogen-bond acceptors (Lipinski definition) is 4. The lowest BCUT2D eigenvalue weighted by Crippen LogP contribution is -2.13. The summed E-state index contributed by atoms with van der Waals surface area (Å²) in [6, 6.07) is 11.2. The highest BCUT2D eigenvalue weighted by molar-refractivity contribution is 14.1. The lowest BCUT2D eigenvalue weighted by molar-refractivity contribution is -0.384. The fourth-order valence-electron chi connectivity index (χ4n) is 1.89. The second-order valence-corrected chi connectivity index (χ2v) is 6.23. The quantitative estimate of drug-likeness (QED) is 0.441. The molecule has 120 valence electrons. The summed E-state index contributed by atoms with van der Waals surface area (Å²) in [6.45, 7) is 3.87. The standard InChI is InChI=1S/C16H15IN2O4/c1-10(2)23-13-6-3-11(4-7-13)18-16(20)14-8-5-12(19(21)22)9-15(14)17/h3-10H,1-2H3,(H,18,20). The van der Waals surface area contributed by atoms with E-state index in [1.54, 1.807) is 24.3 Å². The molecule has 6 nitrogen and oxygen atoms in total. The number of rotatable bonds is 5. The van der Waals surface area contributed by atoms with Crippen LogP contribution in [0.3, 0.4) is 0 Å². The third-order valence-electron chi connectivity index (χ3n) is 2.89. The Hall–Kier alpha value is -2.16. The Labute approximate surface area is 147 Å². The van der Waals surface area contributed by atoms with Crippen molar-refractivity contribution in [1.29, 1.82) is 0 Å². The molecule has 0 saturated carbocycles. The number of carbonyl (C=O) groups excluding carboxylic acids is 1. The minimum atomic E-state index is -0.489. The Kier molecular flexibility index (Phi) is 5.54. The van der Waals surface area contributed by atoms with Crippen LogP contribution in [0.5, 0.6) is 5.75 Å². The maximum Gasteiger partial charge on any atom is 0.270 e. The molecule has 0 radical (unpaired) electrons. The number of nitrogens with zero attached hydrogens (tertiary/aromatic N) is 1. The van der Waals surface area contributed by atoms with Crippen LogP contribution in [0.15, 0.2) is 42.5 Å². The molecule has 2 aromatic carbocycles. The van der Waals surface area contributed by atoms with E-state index >= 15 is 0 Å². The highest BCUT2D eigenvalue weighted by atomic mass is 127. The largest absolute Gasteiger partial charge is 0.491 e. The molecule has 0 aliphatic heterocycles. The van der Waals surface area contributed by atoms with Gasteiger partial charge in [-0.3, -0.25) is 14.9 Å². The molecular weight excluding hydrogens is 411 g/mol. The average Bonchev–Trinajstić information content (AvgIpc) is 2.48. The number of ether oxygens (including phenoxy) is 1. The number of nitrogens with one attached hydrogen (secondary N) is 1. The summed E-state index contributed by atoms with van der Waals surface area (Å²) in [5.41, 5.74) is 0.972. The molecule has 0 heterocycles. The normalized spacial score (nSPS) is 10.4. The van der Waals surface area contributed by atoms with Gasteiger partial charge < -0.3 is 10.1 Å². The summed E-state index contributed by atoms with van der Waals surface area (Å²) in [5.74, 6) is 0.407. The first kappa shape index (κ1) is 17.2. The molecule has 0 aromatic heterocycles. The van der Waals surface area contributed by atoms with Crippen LogP contribution in [0.1, 0.15) is 24.2 Å². The molecule has 0 unspecified atom stereocenters. The zero-order chi connectivity index (χ0) is 17.0. The summed E-state index contributed by atoms with van der Waals surface area (Å²) < 4.78 is 6.06. The first-order valence-corrected chi connectivity index (χ1v) is 7.96. The van der Waals surface area contributed by atoms with E-state index in [9.17, 15) is 14.9 Å². The number of halogens is 1. The number of non-ortho nitro benzene ring substituents is 1. The average molecular weight is 426 g/mol. The third-order valence-corrected chi connectivity index (χ3v) is 3.78. The van der Waals surface area contributed by atoms with Gasteiger partial charge in [0.1, 0.15) is 5.75 Å². The molecule has 0 fully saturated rings. The topological polar surface area (TPSA) is 81.5 Å². The summed E-state index contributed by atoms with van der Waals surface area (Å²) in [5, 5.41) is 13.5. The predicted octanol–water partition coefficient (Wildman–Crippen LogP) is 4.24. The van der Waals surface area contributed by atoms with Crippen molar-refractivity contribution in [3.63, 3.8) is 0 Å². The minimum absolute atomic E-state index is 0.0406. The number of amides is 1.